The van der Waals surface area contributed by atoms with E-state index in [1.54, 1.807) is 0 Å². The van der Waals surface area contributed by atoms with Gasteiger partial charge in [0.25, 0.3) is 0 Å². The van der Waals surface area contributed by atoms with Gasteiger partial charge in [-0.15, -0.1) is 0 Å². The number of morpholine rings is 1. The van der Waals surface area contributed by atoms with Crippen molar-refractivity contribution in [1.82, 2.24) is 9.88 Å². The Labute approximate surface area is 124 Å². The molecule has 2 N–H and O–H groups in total. The molecule has 1 aromatic carbocycles. The number of aromatic nitrogens is 1. The quantitative estimate of drug-likeness (QED) is 0.904. The van der Waals surface area contributed by atoms with Gasteiger partial charge in [0.2, 0.25) is 5.91 Å². The van der Waals surface area contributed by atoms with Gasteiger partial charge in [-0.2, -0.15) is 0 Å². The second-order valence-corrected chi connectivity index (χ2v) is 5.35. The maximum atomic E-state index is 12.2. The standard InChI is InChI=1S/C16H21N3O2/c1-2-7-19-8-5-12-3-4-13(10-15(12)19)18-16(20)14-11-21-9-6-17-14/h3-5,8,10,14,17H,2,6-7,9,11H2,1H3,(H,18,20). The fraction of sp³-hybridized carbons (Fsp3) is 0.438. The molecule has 2 aromatic rings. The summed E-state index contributed by atoms with van der Waals surface area (Å²) in [6.07, 6.45) is 3.18. The zero-order valence-electron chi connectivity index (χ0n) is 12.3. The van der Waals surface area contributed by atoms with E-state index in [1.807, 2.05) is 18.2 Å². The van der Waals surface area contributed by atoms with Gasteiger partial charge in [0, 0.05) is 25.0 Å². The van der Waals surface area contributed by atoms with Crippen molar-refractivity contribution in [2.45, 2.75) is 25.9 Å². The van der Waals surface area contributed by atoms with Crippen LogP contribution in [0.2, 0.25) is 0 Å². The van der Waals surface area contributed by atoms with Crippen LogP contribution in [0.15, 0.2) is 30.5 Å². The normalized spacial score (nSPS) is 18.8. The number of amides is 1. The predicted molar refractivity (Wildman–Crippen MR) is 83.5 cm³/mol. The maximum absolute atomic E-state index is 12.2. The van der Waals surface area contributed by atoms with Gasteiger partial charge < -0.3 is 19.9 Å². The van der Waals surface area contributed by atoms with Crippen molar-refractivity contribution < 1.29 is 9.53 Å². The SMILES string of the molecule is CCCn1ccc2ccc(NC(=O)C3COCCN3)cc21. The van der Waals surface area contributed by atoms with Crippen molar-refractivity contribution in [3.63, 3.8) is 0 Å². The zero-order chi connectivity index (χ0) is 14.7. The van der Waals surface area contributed by atoms with E-state index in [9.17, 15) is 4.79 Å². The van der Waals surface area contributed by atoms with E-state index in [2.05, 4.69) is 34.4 Å². The molecule has 1 amide bonds. The fourth-order valence-corrected chi connectivity index (χ4v) is 2.66. The van der Waals surface area contributed by atoms with Crippen molar-refractivity contribution in [2.75, 3.05) is 25.1 Å². The van der Waals surface area contributed by atoms with Crippen molar-refractivity contribution in [3.05, 3.63) is 30.5 Å². The Morgan fingerprint density at radius 1 is 1.48 bits per heavy atom. The van der Waals surface area contributed by atoms with E-state index < -0.39 is 0 Å². The average Bonchev–Trinajstić information content (AvgIpc) is 2.91. The number of benzene rings is 1. The molecule has 1 unspecified atom stereocenters. The van der Waals surface area contributed by atoms with E-state index in [-0.39, 0.29) is 11.9 Å². The summed E-state index contributed by atoms with van der Waals surface area (Å²) in [4.78, 5) is 12.2. The lowest BCUT2D eigenvalue weighted by Crippen LogP contribution is -2.48. The smallest absolute Gasteiger partial charge is 0.243 e. The largest absolute Gasteiger partial charge is 0.378 e. The van der Waals surface area contributed by atoms with Crippen LogP contribution in [0.3, 0.4) is 0 Å². The molecule has 1 saturated heterocycles. The van der Waals surface area contributed by atoms with Gasteiger partial charge in [0.15, 0.2) is 0 Å². The summed E-state index contributed by atoms with van der Waals surface area (Å²) in [7, 11) is 0. The number of aryl methyl sites for hydroxylation is 1. The third-order valence-electron chi connectivity index (χ3n) is 3.74. The minimum absolute atomic E-state index is 0.0392. The van der Waals surface area contributed by atoms with E-state index in [0.717, 1.165) is 30.7 Å². The lowest BCUT2D eigenvalue weighted by atomic mass is 10.2. The highest BCUT2D eigenvalue weighted by atomic mass is 16.5. The molecule has 1 atom stereocenters. The molecule has 1 fully saturated rings. The maximum Gasteiger partial charge on any atom is 0.243 e. The topological polar surface area (TPSA) is 55.3 Å². The summed E-state index contributed by atoms with van der Waals surface area (Å²) in [5, 5.41) is 7.32. The monoisotopic (exact) mass is 287 g/mol. The fourth-order valence-electron chi connectivity index (χ4n) is 2.66. The number of nitrogens with zero attached hydrogens (tertiary/aromatic N) is 1. The summed E-state index contributed by atoms with van der Waals surface area (Å²) in [5.74, 6) is -0.0392. The van der Waals surface area contributed by atoms with Gasteiger partial charge in [0.1, 0.15) is 6.04 Å². The van der Waals surface area contributed by atoms with Crippen LogP contribution in [0.4, 0.5) is 5.69 Å². The minimum Gasteiger partial charge on any atom is -0.378 e. The molecular formula is C16H21N3O2. The first-order valence-electron chi connectivity index (χ1n) is 7.49. The predicted octanol–water partition coefficient (Wildman–Crippen LogP) is 1.98. The molecule has 0 spiro atoms. The summed E-state index contributed by atoms with van der Waals surface area (Å²) >= 11 is 0. The Morgan fingerprint density at radius 2 is 2.38 bits per heavy atom. The molecule has 1 aromatic heterocycles. The van der Waals surface area contributed by atoms with Crippen LogP contribution in [0.5, 0.6) is 0 Å². The highest BCUT2D eigenvalue weighted by Gasteiger charge is 2.21. The van der Waals surface area contributed by atoms with Crippen LogP contribution in [-0.2, 0) is 16.1 Å². The summed E-state index contributed by atoms with van der Waals surface area (Å²) in [6, 6.07) is 7.86. The second-order valence-electron chi connectivity index (χ2n) is 5.35. The molecule has 0 radical (unpaired) electrons. The minimum atomic E-state index is -0.267. The Balaban J connectivity index is 1.76. The first kappa shape index (κ1) is 14.1. The van der Waals surface area contributed by atoms with Gasteiger partial charge in [-0.3, -0.25) is 4.79 Å². The highest BCUT2D eigenvalue weighted by Crippen LogP contribution is 2.21. The molecule has 112 valence electrons. The molecule has 1 aliphatic heterocycles. The lowest BCUT2D eigenvalue weighted by molar-refractivity contribution is -0.120. The van der Waals surface area contributed by atoms with E-state index in [1.165, 1.54) is 5.39 Å². The molecule has 21 heavy (non-hydrogen) atoms. The van der Waals surface area contributed by atoms with Gasteiger partial charge in [-0.05, 0) is 30.0 Å². The molecule has 0 aliphatic carbocycles. The number of carbonyl (C=O) groups is 1. The Bertz CT molecular complexity index is 629. The van der Waals surface area contributed by atoms with Crippen LogP contribution in [-0.4, -0.2) is 36.3 Å². The van der Waals surface area contributed by atoms with Gasteiger partial charge in [-0.25, -0.2) is 0 Å². The summed E-state index contributed by atoms with van der Waals surface area (Å²) < 4.78 is 7.54. The average molecular weight is 287 g/mol. The van der Waals surface area contributed by atoms with Gasteiger partial charge >= 0.3 is 0 Å². The molecule has 0 bridgehead atoms. The van der Waals surface area contributed by atoms with Crippen LogP contribution < -0.4 is 10.6 Å². The highest BCUT2D eigenvalue weighted by molar-refractivity contribution is 5.97. The number of nitrogens with one attached hydrogen (secondary N) is 2. The summed E-state index contributed by atoms with van der Waals surface area (Å²) in [5.41, 5.74) is 1.98. The van der Waals surface area contributed by atoms with E-state index >= 15 is 0 Å². The molecule has 3 rings (SSSR count). The number of hydrogen-bond acceptors (Lipinski definition) is 3. The van der Waals surface area contributed by atoms with Crippen LogP contribution in [0, 0.1) is 0 Å². The summed E-state index contributed by atoms with van der Waals surface area (Å²) in [6.45, 7) is 4.96. The molecule has 5 heteroatoms. The second kappa shape index (κ2) is 6.28. The van der Waals surface area contributed by atoms with Crippen molar-refractivity contribution in [2.24, 2.45) is 0 Å². The zero-order valence-corrected chi connectivity index (χ0v) is 12.3. The van der Waals surface area contributed by atoms with Crippen molar-refractivity contribution in [3.8, 4) is 0 Å². The number of carbonyl (C=O) groups excluding carboxylic acids is 1. The number of rotatable bonds is 4. The van der Waals surface area contributed by atoms with Gasteiger partial charge in [-0.1, -0.05) is 13.0 Å². The number of ether oxygens (including phenoxy) is 1. The third-order valence-corrected chi connectivity index (χ3v) is 3.74. The van der Waals surface area contributed by atoms with Crippen LogP contribution >= 0.6 is 0 Å². The number of fused-ring (bicyclic) bond motifs is 1. The third kappa shape index (κ3) is 3.09. The van der Waals surface area contributed by atoms with Crippen LogP contribution in [0.1, 0.15) is 13.3 Å². The Morgan fingerprint density at radius 3 is 3.14 bits per heavy atom. The molecule has 0 saturated carbocycles. The number of anilines is 1. The molecular weight excluding hydrogens is 266 g/mol. The van der Waals surface area contributed by atoms with Crippen molar-refractivity contribution in [1.29, 1.82) is 0 Å². The molecule has 2 heterocycles. The number of hydrogen-bond donors (Lipinski definition) is 2. The van der Waals surface area contributed by atoms with E-state index in [4.69, 9.17) is 4.74 Å². The van der Waals surface area contributed by atoms with Crippen molar-refractivity contribution >= 4 is 22.5 Å². The Kier molecular flexibility index (Phi) is 4.22. The molecule has 5 nitrogen and oxygen atoms in total. The van der Waals surface area contributed by atoms with E-state index in [0.29, 0.717) is 13.2 Å². The van der Waals surface area contributed by atoms with Gasteiger partial charge in [0.05, 0.1) is 18.7 Å². The molecule has 1 aliphatic rings. The first-order valence-corrected chi connectivity index (χ1v) is 7.49. The first-order chi connectivity index (χ1) is 10.3. The Hall–Kier alpha value is -1.85. The lowest BCUT2D eigenvalue weighted by Gasteiger charge is -2.22. The van der Waals surface area contributed by atoms with Crippen LogP contribution in [0.25, 0.3) is 10.9 Å².